The van der Waals surface area contributed by atoms with E-state index in [1.165, 1.54) is 0 Å². The molecule has 0 heterocycles. The topological polar surface area (TPSA) is 26.0 Å². The second-order valence-corrected chi connectivity index (χ2v) is 4.65. The molecule has 5 heteroatoms. The molecule has 2 N–H and O–H groups in total. The van der Waals surface area contributed by atoms with Crippen molar-refractivity contribution in [3.05, 3.63) is 33.6 Å². The molecular formula is C10H9BrF3N. The molecule has 1 aliphatic rings. The summed E-state index contributed by atoms with van der Waals surface area (Å²) in [5.74, 6) is -3.08. The van der Waals surface area contributed by atoms with Crippen molar-refractivity contribution in [3.8, 4) is 0 Å². The molecule has 1 nitrogen and oxygen atoms in total. The van der Waals surface area contributed by atoms with Gasteiger partial charge in [0.2, 0.25) is 0 Å². The Morgan fingerprint density at radius 2 is 1.80 bits per heavy atom. The Kier molecular flexibility index (Phi) is 2.55. The molecule has 82 valence electrons. The molecule has 0 saturated heterocycles. The third-order valence-corrected chi connectivity index (χ3v) is 3.58. The first-order valence-electron chi connectivity index (χ1n) is 4.58. The van der Waals surface area contributed by atoms with Crippen LogP contribution in [0.3, 0.4) is 0 Å². The number of hydrogen-bond donors (Lipinski definition) is 1. The van der Waals surface area contributed by atoms with Crippen LogP contribution in [0.15, 0.2) is 10.5 Å². The van der Waals surface area contributed by atoms with Crippen molar-refractivity contribution >= 4 is 15.9 Å². The number of benzene rings is 1. The van der Waals surface area contributed by atoms with Gasteiger partial charge in [-0.3, -0.25) is 0 Å². The third-order valence-electron chi connectivity index (χ3n) is 2.88. The van der Waals surface area contributed by atoms with E-state index in [0.29, 0.717) is 12.8 Å². The first-order valence-corrected chi connectivity index (χ1v) is 5.37. The Hall–Kier alpha value is -0.550. The summed E-state index contributed by atoms with van der Waals surface area (Å²) in [4.78, 5) is 0. The average Bonchev–Trinajstić information content (AvgIpc) is 2.17. The smallest absolute Gasteiger partial charge is 0.175 e. The number of rotatable bonds is 1. The van der Waals surface area contributed by atoms with Gasteiger partial charge in [0.1, 0.15) is 5.82 Å². The lowest BCUT2D eigenvalue weighted by Gasteiger charge is -2.38. The molecule has 0 radical (unpaired) electrons. The maximum absolute atomic E-state index is 13.6. The first kappa shape index (κ1) is 11.0. The Balaban J connectivity index is 2.58. The zero-order chi connectivity index (χ0) is 11.2. The van der Waals surface area contributed by atoms with Gasteiger partial charge < -0.3 is 5.73 Å². The zero-order valence-electron chi connectivity index (χ0n) is 7.79. The van der Waals surface area contributed by atoms with Crippen molar-refractivity contribution in [1.29, 1.82) is 0 Å². The molecule has 0 amide bonds. The van der Waals surface area contributed by atoms with E-state index in [1.807, 2.05) is 0 Å². The van der Waals surface area contributed by atoms with Crippen LogP contribution in [0.25, 0.3) is 0 Å². The molecule has 0 spiro atoms. The fraction of sp³-hybridized carbons (Fsp3) is 0.400. The van der Waals surface area contributed by atoms with Gasteiger partial charge in [-0.05, 0) is 41.3 Å². The predicted molar refractivity (Wildman–Crippen MR) is 53.7 cm³/mol. The minimum Gasteiger partial charge on any atom is -0.321 e. The van der Waals surface area contributed by atoms with Gasteiger partial charge in [0.15, 0.2) is 11.6 Å². The van der Waals surface area contributed by atoms with E-state index >= 15 is 0 Å². The number of nitrogens with two attached hydrogens (primary N) is 1. The molecule has 1 aliphatic carbocycles. The number of halogens is 4. The average molecular weight is 280 g/mol. The van der Waals surface area contributed by atoms with Crippen LogP contribution in [0, 0.1) is 17.5 Å². The second-order valence-electron chi connectivity index (χ2n) is 3.86. The Labute approximate surface area is 93.6 Å². The summed E-state index contributed by atoms with van der Waals surface area (Å²) >= 11 is 2.68. The summed E-state index contributed by atoms with van der Waals surface area (Å²) in [6.45, 7) is 0. The van der Waals surface area contributed by atoms with Crippen LogP contribution in [0.5, 0.6) is 0 Å². The summed E-state index contributed by atoms with van der Waals surface area (Å²) in [7, 11) is 0. The van der Waals surface area contributed by atoms with Crippen molar-refractivity contribution < 1.29 is 13.2 Å². The Morgan fingerprint density at radius 3 is 2.27 bits per heavy atom. The second kappa shape index (κ2) is 3.49. The fourth-order valence-corrected chi connectivity index (χ4v) is 2.17. The highest BCUT2D eigenvalue weighted by molar-refractivity contribution is 9.10. The zero-order valence-corrected chi connectivity index (χ0v) is 9.37. The molecule has 0 aromatic heterocycles. The van der Waals surface area contributed by atoms with E-state index in [9.17, 15) is 13.2 Å². The van der Waals surface area contributed by atoms with Gasteiger partial charge in [-0.2, -0.15) is 0 Å². The van der Waals surface area contributed by atoms with E-state index in [4.69, 9.17) is 5.73 Å². The molecule has 0 aliphatic heterocycles. The fourth-order valence-electron chi connectivity index (χ4n) is 1.76. The molecule has 1 aromatic rings. The lowest BCUT2D eigenvalue weighted by molar-refractivity contribution is 0.242. The van der Waals surface area contributed by atoms with Crippen molar-refractivity contribution in [2.45, 2.75) is 24.8 Å². The van der Waals surface area contributed by atoms with Crippen molar-refractivity contribution in [1.82, 2.24) is 0 Å². The van der Waals surface area contributed by atoms with Gasteiger partial charge in [0.25, 0.3) is 0 Å². The molecule has 1 fully saturated rings. The summed E-state index contributed by atoms with van der Waals surface area (Å²) in [5.41, 5.74) is 5.09. The van der Waals surface area contributed by atoms with Gasteiger partial charge in [-0.1, -0.05) is 0 Å². The first-order chi connectivity index (χ1) is 6.96. The van der Waals surface area contributed by atoms with Crippen LogP contribution >= 0.6 is 15.9 Å². The van der Waals surface area contributed by atoms with Crippen molar-refractivity contribution in [2.24, 2.45) is 5.73 Å². The van der Waals surface area contributed by atoms with Crippen LogP contribution in [0.4, 0.5) is 13.2 Å². The van der Waals surface area contributed by atoms with Gasteiger partial charge in [0.05, 0.1) is 4.47 Å². The lowest BCUT2D eigenvalue weighted by Crippen LogP contribution is -2.44. The Morgan fingerprint density at radius 1 is 1.20 bits per heavy atom. The van der Waals surface area contributed by atoms with Crippen LogP contribution in [0.2, 0.25) is 0 Å². The maximum Gasteiger partial charge on any atom is 0.175 e. The summed E-state index contributed by atoms with van der Waals surface area (Å²) in [6, 6.07) is 0.856. The minimum absolute atomic E-state index is 0.0551. The van der Waals surface area contributed by atoms with E-state index in [1.54, 1.807) is 0 Å². The summed E-state index contributed by atoms with van der Waals surface area (Å²) in [5, 5.41) is 0. The molecule has 15 heavy (non-hydrogen) atoms. The normalized spacial score (nSPS) is 18.7. The highest BCUT2D eigenvalue weighted by atomic mass is 79.9. The van der Waals surface area contributed by atoms with Crippen LogP contribution in [-0.4, -0.2) is 0 Å². The summed E-state index contributed by atoms with van der Waals surface area (Å²) in [6.07, 6.45) is 2.08. The Bertz CT molecular complexity index is 416. The molecule has 0 bridgehead atoms. The van der Waals surface area contributed by atoms with E-state index < -0.39 is 27.5 Å². The van der Waals surface area contributed by atoms with Crippen LogP contribution in [-0.2, 0) is 5.54 Å². The highest BCUT2D eigenvalue weighted by Gasteiger charge is 2.38. The van der Waals surface area contributed by atoms with E-state index in [2.05, 4.69) is 15.9 Å². The number of hydrogen-bond acceptors (Lipinski definition) is 1. The van der Waals surface area contributed by atoms with Crippen LogP contribution < -0.4 is 5.73 Å². The SMILES string of the molecule is NC1(c2cc(F)c(F)c(Br)c2F)CCC1. The largest absolute Gasteiger partial charge is 0.321 e. The van der Waals surface area contributed by atoms with Gasteiger partial charge in [-0.25, -0.2) is 13.2 Å². The molecule has 2 rings (SSSR count). The quantitative estimate of drug-likeness (QED) is 0.620. The van der Waals surface area contributed by atoms with Crippen molar-refractivity contribution in [3.63, 3.8) is 0 Å². The molecule has 1 aromatic carbocycles. The highest BCUT2D eigenvalue weighted by Crippen LogP contribution is 2.42. The van der Waals surface area contributed by atoms with Crippen molar-refractivity contribution in [2.75, 3.05) is 0 Å². The van der Waals surface area contributed by atoms with Gasteiger partial charge >= 0.3 is 0 Å². The van der Waals surface area contributed by atoms with Gasteiger partial charge in [0, 0.05) is 11.1 Å². The maximum atomic E-state index is 13.6. The third kappa shape index (κ3) is 1.58. The molecule has 1 saturated carbocycles. The van der Waals surface area contributed by atoms with Crippen LogP contribution in [0.1, 0.15) is 24.8 Å². The summed E-state index contributed by atoms with van der Waals surface area (Å²) < 4.78 is 39.2. The van der Waals surface area contributed by atoms with E-state index in [-0.39, 0.29) is 5.56 Å². The predicted octanol–water partition coefficient (Wildman–Crippen LogP) is 3.20. The van der Waals surface area contributed by atoms with E-state index in [0.717, 1.165) is 12.5 Å². The molecule has 0 unspecified atom stereocenters. The standard InChI is InChI=1S/C10H9BrF3N/c11-7-8(13)5(4-6(12)9(7)14)10(15)2-1-3-10/h4H,1-3,15H2. The lowest BCUT2D eigenvalue weighted by atomic mass is 9.72. The molecular weight excluding hydrogens is 271 g/mol. The monoisotopic (exact) mass is 279 g/mol. The molecule has 0 atom stereocenters. The van der Waals surface area contributed by atoms with Gasteiger partial charge in [-0.15, -0.1) is 0 Å². The minimum atomic E-state index is -1.21.